The van der Waals surface area contributed by atoms with Crippen molar-refractivity contribution in [2.45, 2.75) is 49.5 Å². The van der Waals surface area contributed by atoms with E-state index in [-0.39, 0.29) is 28.4 Å². The Bertz CT molecular complexity index is 1840. The Hall–Kier alpha value is -4.32. The molecule has 3 aromatic carbocycles. The molecule has 9 heteroatoms. The molecule has 43 heavy (non-hydrogen) atoms. The van der Waals surface area contributed by atoms with Crippen molar-refractivity contribution in [2.75, 3.05) is 4.90 Å². The molecule has 0 amide bonds. The van der Waals surface area contributed by atoms with Crippen molar-refractivity contribution < 1.29 is 9.18 Å². The molecular weight excluding hydrogens is 581 g/mol. The predicted molar refractivity (Wildman–Crippen MR) is 167 cm³/mol. The lowest BCUT2D eigenvalue weighted by Gasteiger charge is -2.43. The Kier molecular flexibility index (Phi) is 7.41. The molecule has 2 N–H and O–H groups in total. The summed E-state index contributed by atoms with van der Waals surface area (Å²) < 4.78 is 15.8. The quantitative estimate of drug-likeness (QED) is 0.246. The molecule has 1 aliphatic carbocycles. The van der Waals surface area contributed by atoms with Gasteiger partial charge in [-0.05, 0) is 79.4 Å². The predicted octanol–water partition coefficient (Wildman–Crippen LogP) is 8.07. The Morgan fingerprint density at radius 2 is 1.70 bits per heavy atom. The SMILES string of the molecule is Cc1nn(-c2ccccc2)c(Sc2ccc(Cl)cc2)c1C1C(C#N)=C(N)N(c2ccc(F)cc2)C2=C1C(=O)CC(C)(C)C2. The van der Waals surface area contributed by atoms with E-state index in [0.29, 0.717) is 34.8 Å². The number of Topliss-reactive ketones (excluding diaryl/α,β-unsaturated/α-hetero) is 1. The molecule has 1 aliphatic heterocycles. The van der Waals surface area contributed by atoms with Crippen molar-refractivity contribution in [1.29, 1.82) is 5.26 Å². The number of rotatable bonds is 5. The van der Waals surface area contributed by atoms with Crippen molar-refractivity contribution in [3.05, 3.63) is 124 Å². The van der Waals surface area contributed by atoms with Crippen LogP contribution in [-0.4, -0.2) is 15.6 Å². The van der Waals surface area contributed by atoms with Crippen molar-refractivity contribution in [2.24, 2.45) is 11.1 Å². The second-order valence-electron chi connectivity index (χ2n) is 11.6. The number of hydrogen-bond donors (Lipinski definition) is 1. The van der Waals surface area contributed by atoms with Crippen LogP contribution in [-0.2, 0) is 4.79 Å². The molecule has 0 saturated heterocycles. The lowest BCUT2D eigenvalue weighted by Crippen LogP contribution is -2.42. The molecule has 0 saturated carbocycles. The number of benzene rings is 3. The lowest BCUT2D eigenvalue weighted by atomic mass is 9.68. The van der Waals surface area contributed by atoms with E-state index in [1.54, 1.807) is 17.0 Å². The van der Waals surface area contributed by atoms with Crippen LogP contribution in [0.3, 0.4) is 0 Å². The van der Waals surface area contributed by atoms with Gasteiger partial charge < -0.3 is 5.73 Å². The number of nitriles is 1. The van der Waals surface area contributed by atoms with Crippen molar-refractivity contribution in [1.82, 2.24) is 9.78 Å². The normalized spacial score (nSPS) is 18.1. The molecule has 1 aromatic heterocycles. The van der Waals surface area contributed by atoms with E-state index < -0.39 is 5.92 Å². The van der Waals surface area contributed by atoms with Crippen LogP contribution in [0.25, 0.3) is 5.69 Å². The lowest BCUT2D eigenvalue weighted by molar-refractivity contribution is -0.118. The van der Waals surface area contributed by atoms with Gasteiger partial charge in [-0.25, -0.2) is 9.07 Å². The number of aromatic nitrogens is 2. The highest BCUT2D eigenvalue weighted by atomic mass is 35.5. The minimum atomic E-state index is -0.729. The van der Waals surface area contributed by atoms with Crippen molar-refractivity contribution >= 4 is 34.8 Å². The number of halogens is 2. The van der Waals surface area contributed by atoms with Crippen molar-refractivity contribution in [3.8, 4) is 11.8 Å². The van der Waals surface area contributed by atoms with E-state index >= 15 is 0 Å². The number of hydrogen-bond acceptors (Lipinski definition) is 6. The number of nitrogens with zero attached hydrogens (tertiary/aromatic N) is 4. The Morgan fingerprint density at radius 3 is 2.35 bits per heavy atom. The molecule has 6 rings (SSSR count). The monoisotopic (exact) mass is 609 g/mol. The molecule has 1 unspecified atom stereocenters. The fourth-order valence-electron chi connectivity index (χ4n) is 5.99. The van der Waals surface area contributed by atoms with E-state index in [4.69, 9.17) is 22.4 Å². The van der Waals surface area contributed by atoms with Gasteiger partial charge in [0.15, 0.2) is 5.78 Å². The minimum Gasteiger partial charge on any atom is -0.384 e. The van der Waals surface area contributed by atoms with Gasteiger partial charge in [-0.15, -0.1) is 0 Å². The average Bonchev–Trinajstić information content (AvgIpc) is 3.29. The van der Waals surface area contributed by atoms with Gasteiger partial charge in [-0.1, -0.05) is 55.4 Å². The van der Waals surface area contributed by atoms with Crippen molar-refractivity contribution in [3.63, 3.8) is 0 Å². The molecule has 0 bridgehead atoms. The fraction of sp³-hybridized carbons (Fsp3) is 0.206. The summed E-state index contributed by atoms with van der Waals surface area (Å²) in [6.07, 6.45) is 0.872. The minimum absolute atomic E-state index is 0.0436. The van der Waals surface area contributed by atoms with Crippen LogP contribution >= 0.6 is 23.4 Å². The molecule has 2 heterocycles. The van der Waals surface area contributed by atoms with Gasteiger partial charge in [0.2, 0.25) is 0 Å². The Morgan fingerprint density at radius 1 is 1.02 bits per heavy atom. The maximum absolute atomic E-state index is 14.2. The molecular formula is C34H29ClFN5OS. The van der Waals surface area contributed by atoms with Gasteiger partial charge in [0.1, 0.15) is 16.7 Å². The van der Waals surface area contributed by atoms with Crippen LogP contribution in [0.2, 0.25) is 5.02 Å². The maximum Gasteiger partial charge on any atom is 0.162 e. The summed E-state index contributed by atoms with van der Waals surface area (Å²) >= 11 is 7.68. The number of ketones is 1. The van der Waals surface area contributed by atoms with Crippen LogP contribution in [0.5, 0.6) is 0 Å². The Balaban J connectivity index is 1.63. The number of para-hydroxylation sites is 1. The standard InChI is InChI=1S/C34H29ClFN5OS/c1-20-29(33(43-25-15-9-21(35)10-16-25)41(39-20)24-7-5-4-6-8-24)30-26(19-37)32(38)40(23-13-11-22(36)12-14-23)27-17-34(2,3)18-28(42)31(27)30/h4-16,30H,17-18,38H2,1-3H3. The third-order valence-corrected chi connectivity index (χ3v) is 9.19. The van der Waals surface area contributed by atoms with Gasteiger partial charge >= 0.3 is 0 Å². The number of carbonyl (C=O) groups is 1. The maximum atomic E-state index is 14.2. The van der Waals surface area contributed by atoms with Crippen LogP contribution in [0.1, 0.15) is 43.9 Å². The van der Waals surface area contributed by atoms with Gasteiger partial charge in [0, 0.05) is 38.9 Å². The van der Waals surface area contributed by atoms with Gasteiger partial charge in [0.05, 0.1) is 28.9 Å². The first-order valence-corrected chi connectivity index (χ1v) is 15.1. The number of nitrogens with two attached hydrogens (primary N) is 1. The number of carbonyl (C=O) groups excluding carboxylic acids is 1. The summed E-state index contributed by atoms with van der Waals surface area (Å²) in [6, 6.07) is 25.6. The third-order valence-electron chi connectivity index (χ3n) is 7.85. The number of allylic oxidation sites excluding steroid dienone is 3. The van der Waals surface area contributed by atoms with Crippen LogP contribution in [0.4, 0.5) is 10.1 Å². The summed E-state index contributed by atoms with van der Waals surface area (Å²) in [4.78, 5) is 16.8. The molecule has 2 aliphatic rings. The van der Waals surface area contributed by atoms with E-state index in [1.807, 2.05) is 80.1 Å². The molecule has 6 nitrogen and oxygen atoms in total. The highest BCUT2D eigenvalue weighted by Gasteiger charge is 2.46. The van der Waals surface area contributed by atoms with Crippen LogP contribution < -0.4 is 10.6 Å². The molecule has 216 valence electrons. The summed E-state index contributed by atoms with van der Waals surface area (Å²) in [7, 11) is 0. The van der Waals surface area contributed by atoms with Gasteiger partial charge in [-0.3, -0.25) is 9.69 Å². The second-order valence-corrected chi connectivity index (χ2v) is 13.1. The molecule has 0 spiro atoms. The van der Waals surface area contributed by atoms with E-state index in [0.717, 1.165) is 26.9 Å². The zero-order chi connectivity index (χ0) is 30.5. The van der Waals surface area contributed by atoms with Gasteiger partial charge in [0.25, 0.3) is 0 Å². The molecule has 4 aromatic rings. The second kappa shape index (κ2) is 11.1. The first kappa shape index (κ1) is 28.8. The van der Waals surface area contributed by atoms with E-state index in [9.17, 15) is 14.4 Å². The summed E-state index contributed by atoms with van der Waals surface area (Å²) in [5.74, 6) is -0.938. The summed E-state index contributed by atoms with van der Waals surface area (Å²) in [5, 5.41) is 17.0. The smallest absolute Gasteiger partial charge is 0.162 e. The zero-order valence-electron chi connectivity index (χ0n) is 23.9. The third kappa shape index (κ3) is 5.24. The van der Waals surface area contributed by atoms with Crippen LogP contribution in [0.15, 0.2) is 111 Å². The Labute approximate surface area is 259 Å². The highest BCUT2D eigenvalue weighted by molar-refractivity contribution is 7.99. The fourth-order valence-corrected chi connectivity index (χ4v) is 7.22. The first-order chi connectivity index (χ1) is 20.6. The van der Waals surface area contributed by atoms with E-state index in [1.165, 1.54) is 23.9 Å². The number of aryl methyl sites for hydroxylation is 1. The number of anilines is 1. The summed E-state index contributed by atoms with van der Waals surface area (Å²) in [6.45, 7) is 6.00. The first-order valence-electron chi connectivity index (χ1n) is 13.9. The van der Waals surface area contributed by atoms with E-state index in [2.05, 4.69) is 6.07 Å². The zero-order valence-corrected chi connectivity index (χ0v) is 25.5. The highest BCUT2D eigenvalue weighted by Crippen LogP contribution is 2.52. The average molecular weight is 610 g/mol. The topological polar surface area (TPSA) is 87.9 Å². The molecule has 0 radical (unpaired) electrons. The summed E-state index contributed by atoms with van der Waals surface area (Å²) in [5.41, 5.74) is 10.9. The molecule has 0 fully saturated rings. The molecule has 1 atom stereocenters. The largest absolute Gasteiger partial charge is 0.384 e. The van der Waals surface area contributed by atoms with Crippen LogP contribution in [0, 0.1) is 29.5 Å². The van der Waals surface area contributed by atoms with Gasteiger partial charge in [-0.2, -0.15) is 10.4 Å².